The van der Waals surface area contributed by atoms with Crippen molar-refractivity contribution in [2.45, 2.75) is 33.1 Å². The fraction of sp³-hybridized carbons (Fsp3) is 0.632. The molecule has 0 saturated carbocycles. The highest BCUT2D eigenvalue weighted by Crippen LogP contribution is 2.23. The Morgan fingerprint density at radius 2 is 2.14 bits per heavy atom. The number of hydrogen-bond donors (Lipinski definition) is 2. The van der Waals surface area contributed by atoms with E-state index in [2.05, 4.69) is 39.1 Å². The first kappa shape index (κ1) is 22.3. The second-order valence-electron chi connectivity index (χ2n) is 7.05. The Morgan fingerprint density at radius 1 is 1.36 bits per heavy atom. The van der Waals surface area contributed by atoms with Gasteiger partial charge in [-0.1, -0.05) is 19.9 Å². The lowest BCUT2D eigenvalue weighted by Gasteiger charge is -2.34. The monoisotopic (exact) mass is 402 g/mol. The van der Waals surface area contributed by atoms with Crippen LogP contribution in [0.15, 0.2) is 23.2 Å². The maximum Gasteiger partial charge on any atom is 0.387 e. The third-order valence-electron chi connectivity index (χ3n) is 4.29. The minimum Gasteiger partial charge on any atom is -0.434 e. The Morgan fingerprint density at radius 3 is 2.82 bits per heavy atom. The van der Waals surface area contributed by atoms with Gasteiger partial charge < -0.3 is 20.1 Å². The van der Waals surface area contributed by atoms with Gasteiger partial charge in [0.15, 0.2) is 5.96 Å². The minimum atomic E-state index is -3.02. The van der Waals surface area contributed by atoms with Crippen LogP contribution in [-0.4, -0.2) is 63.4 Å². The van der Waals surface area contributed by atoms with Gasteiger partial charge in [0.2, 0.25) is 0 Å². The summed E-state index contributed by atoms with van der Waals surface area (Å²) in [5.41, 5.74) is 0.0165. The van der Waals surface area contributed by atoms with Crippen LogP contribution in [-0.2, 0) is 11.3 Å². The van der Waals surface area contributed by atoms with Gasteiger partial charge in [-0.25, -0.2) is 4.39 Å². The molecule has 9 heteroatoms. The van der Waals surface area contributed by atoms with E-state index in [4.69, 9.17) is 4.74 Å². The molecule has 0 spiro atoms. The predicted octanol–water partition coefficient (Wildman–Crippen LogP) is 2.45. The highest BCUT2D eigenvalue weighted by molar-refractivity contribution is 5.79. The van der Waals surface area contributed by atoms with Crippen LogP contribution >= 0.6 is 0 Å². The number of aliphatic imine (C=N–C) groups is 1. The summed E-state index contributed by atoms with van der Waals surface area (Å²) in [5.74, 6) is 0.196. The first-order chi connectivity index (χ1) is 13.4. The van der Waals surface area contributed by atoms with E-state index in [9.17, 15) is 13.2 Å². The Bertz CT molecular complexity index is 644. The topological polar surface area (TPSA) is 58.1 Å². The average Bonchev–Trinajstić information content (AvgIpc) is 2.63. The van der Waals surface area contributed by atoms with E-state index >= 15 is 0 Å². The molecular weight excluding hydrogens is 373 g/mol. The molecule has 0 radical (unpaired) electrons. The lowest BCUT2D eigenvalue weighted by atomic mass is 10.2. The molecule has 1 saturated heterocycles. The molecule has 0 amide bonds. The molecule has 1 atom stereocenters. The van der Waals surface area contributed by atoms with Crippen molar-refractivity contribution in [2.75, 3.05) is 39.8 Å². The summed E-state index contributed by atoms with van der Waals surface area (Å²) >= 11 is 0. The van der Waals surface area contributed by atoms with Crippen LogP contribution in [0.1, 0.15) is 19.4 Å². The molecule has 1 unspecified atom stereocenters. The SMILES string of the molecule is CN=C(NCc1c(F)cccc1OC(F)F)NCC1CN(CC(C)C)CCO1. The van der Waals surface area contributed by atoms with Crippen LogP contribution in [0.3, 0.4) is 0 Å². The van der Waals surface area contributed by atoms with Gasteiger partial charge in [-0.3, -0.25) is 9.89 Å². The van der Waals surface area contributed by atoms with Gasteiger partial charge in [0, 0.05) is 45.3 Å². The van der Waals surface area contributed by atoms with Crippen molar-refractivity contribution in [3.63, 3.8) is 0 Å². The fourth-order valence-electron chi connectivity index (χ4n) is 3.11. The number of rotatable bonds is 8. The molecule has 6 nitrogen and oxygen atoms in total. The normalized spacial score (nSPS) is 18.6. The lowest BCUT2D eigenvalue weighted by Crippen LogP contribution is -2.50. The molecule has 1 aromatic carbocycles. The van der Waals surface area contributed by atoms with Crippen molar-refractivity contribution < 1.29 is 22.6 Å². The standard InChI is InChI=1S/C19H29F3N4O2/c1-13(2)11-26-7-8-27-14(12-26)9-24-19(23-3)25-10-15-16(20)5-4-6-17(15)28-18(21)22/h4-6,13-14,18H,7-12H2,1-3H3,(H2,23,24,25). The zero-order chi connectivity index (χ0) is 20.5. The third kappa shape index (κ3) is 7.20. The number of hydrogen-bond acceptors (Lipinski definition) is 4. The van der Waals surface area contributed by atoms with E-state index in [1.165, 1.54) is 18.2 Å². The van der Waals surface area contributed by atoms with Crippen LogP contribution in [0.4, 0.5) is 13.2 Å². The second-order valence-corrected chi connectivity index (χ2v) is 7.05. The zero-order valence-electron chi connectivity index (χ0n) is 16.6. The Balaban J connectivity index is 1.87. The molecule has 1 aromatic rings. The van der Waals surface area contributed by atoms with E-state index in [1.54, 1.807) is 7.05 Å². The Kier molecular flexibility index (Phi) is 8.85. The van der Waals surface area contributed by atoms with Crippen LogP contribution < -0.4 is 15.4 Å². The Hall–Kier alpha value is -2.00. The first-order valence-electron chi connectivity index (χ1n) is 9.39. The minimum absolute atomic E-state index is 0.0113. The first-order valence-corrected chi connectivity index (χ1v) is 9.39. The van der Waals surface area contributed by atoms with Gasteiger partial charge in [-0.2, -0.15) is 8.78 Å². The molecule has 1 fully saturated rings. The van der Waals surface area contributed by atoms with Crippen LogP contribution in [0.5, 0.6) is 5.75 Å². The van der Waals surface area contributed by atoms with Gasteiger partial charge in [-0.05, 0) is 18.1 Å². The van der Waals surface area contributed by atoms with E-state index < -0.39 is 12.4 Å². The summed E-state index contributed by atoms with van der Waals surface area (Å²) in [4.78, 5) is 6.45. The van der Waals surface area contributed by atoms with Crippen molar-refractivity contribution >= 4 is 5.96 Å². The van der Waals surface area contributed by atoms with Gasteiger partial charge in [-0.15, -0.1) is 0 Å². The molecule has 2 rings (SSSR count). The lowest BCUT2D eigenvalue weighted by molar-refractivity contribution is -0.0506. The largest absolute Gasteiger partial charge is 0.434 e. The number of guanidine groups is 1. The van der Waals surface area contributed by atoms with Crippen molar-refractivity contribution in [3.05, 3.63) is 29.6 Å². The third-order valence-corrected chi connectivity index (χ3v) is 4.29. The summed E-state index contributed by atoms with van der Waals surface area (Å²) in [7, 11) is 1.58. The van der Waals surface area contributed by atoms with Crippen LogP contribution in [0.25, 0.3) is 0 Å². The Labute approximate surface area is 164 Å². The highest BCUT2D eigenvalue weighted by Gasteiger charge is 2.21. The number of benzene rings is 1. The molecule has 0 bridgehead atoms. The number of nitrogens with one attached hydrogen (secondary N) is 2. The molecular formula is C19H29F3N4O2. The fourth-order valence-corrected chi connectivity index (χ4v) is 3.11. The van der Waals surface area contributed by atoms with E-state index in [0.717, 1.165) is 19.6 Å². The van der Waals surface area contributed by atoms with Gasteiger partial charge in [0.25, 0.3) is 0 Å². The maximum absolute atomic E-state index is 14.0. The van der Waals surface area contributed by atoms with Crippen molar-refractivity contribution in [2.24, 2.45) is 10.9 Å². The summed E-state index contributed by atoms with van der Waals surface area (Å²) in [5, 5.41) is 6.07. The smallest absolute Gasteiger partial charge is 0.387 e. The molecule has 0 aromatic heterocycles. The van der Waals surface area contributed by atoms with Crippen molar-refractivity contribution in [1.82, 2.24) is 15.5 Å². The predicted molar refractivity (Wildman–Crippen MR) is 102 cm³/mol. The number of nitrogens with zero attached hydrogens (tertiary/aromatic N) is 2. The quantitative estimate of drug-likeness (QED) is 0.517. The van der Waals surface area contributed by atoms with E-state index in [-0.39, 0.29) is 24.0 Å². The summed E-state index contributed by atoms with van der Waals surface area (Å²) < 4.78 is 49.2. The summed E-state index contributed by atoms with van der Waals surface area (Å²) in [6.45, 7) is 5.28. The van der Waals surface area contributed by atoms with Crippen molar-refractivity contribution in [1.29, 1.82) is 0 Å². The number of ether oxygens (including phenoxy) is 2. The number of alkyl halides is 2. The van der Waals surface area contributed by atoms with Crippen molar-refractivity contribution in [3.8, 4) is 5.75 Å². The molecule has 158 valence electrons. The zero-order valence-corrected chi connectivity index (χ0v) is 16.6. The van der Waals surface area contributed by atoms with Gasteiger partial charge in [0.05, 0.1) is 12.7 Å². The molecule has 1 aliphatic rings. The summed E-state index contributed by atoms with van der Waals surface area (Å²) in [6, 6.07) is 3.83. The number of halogens is 3. The van der Waals surface area contributed by atoms with Crippen LogP contribution in [0, 0.1) is 11.7 Å². The molecule has 2 N–H and O–H groups in total. The molecule has 1 heterocycles. The van der Waals surface area contributed by atoms with Crippen LogP contribution in [0.2, 0.25) is 0 Å². The average molecular weight is 402 g/mol. The molecule has 28 heavy (non-hydrogen) atoms. The van der Waals surface area contributed by atoms with Gasteiger partial charge >= 0.3 is 6.61 Å². The van der Waals surface area contributed by atoms with E-state index in [1.807, 2.05) is 0 Å². The molecule has 1 aliphatic heterocycles. The van der Waals surface area contributed by atoms with E-state index in [0.29, 0.717) is 25.0 Å². The van der Waals surface area contributed by atoms with Gasteiger partial charge in [0.1, 0.15) is 11.6 Å². The highest BCUT2D eigenvalue weighted by atomic mass is 19.3. The molecule has 0 aliphatic carbocycles. The summed E-state index contributed by atoms with van der Waals surface area (Å²) in [6.07, 6.45) is 0.0113. The maximum atomic E-state index is 14.0. The number of morpholine rings is 1. The second kappa shape index (κ2) is 11.1.